The highest BCUT2D eigenvalue weighted by molar-refractivity contribution is 7.20. The summed E-state index contributed by atoms with van der Waals surface area (Å²) < 4.78 is 0. The molecule has 0 aliphatic rings. The van der Waals surface area contributed by atoms with Crippen LogP contribution in [0.3, 0.4) is 0 Å². The third kappa shape index (κ3) is 2.47. The maximum atomic E-state index is 12.2. The number of aryl methyl sites for hydroxylation is 2. The van der Waals surface area contributed by atoms with Crippen LogP contribution < -0.4 is 5.56 Å². The first kappa shape index (κ1) is 13.9. The Morgan fingerprint density at radius 3 is 2.76 bits per heavy atom. The summed E-state index contributed by atoms with van der Waals surface area (Å²) in [5.74, 6) is -0.535. The van der Waals surface area contributed by atoms with Crippen molar-refractivity contribution in [2.75, 3.05) is 0 Å². The Bertz CT molecular complexity index is 907. The summed E-state index contributed by atoms with van der Waals surface area (Å²) in [6.45, 7) is 3.53. The van der Waals surface area contributed by atoms with Gasteiger partial charge < -0.3 is 10.1 Å². The van der Waals surface area contributed by atoms with Gasteiger partial charge in [0.25, 0.3) is 5.56 Å². The van der Waals surface area contributed by atoms with Crippen molar-refractivity contribution in [3.05, 3.63) is 42.7 Å². The van der Waals surface area contributed by atoms with Gasteiger partial charge in [-0.1, -0.05) is 0 Å². The molecule has 3 aromatic rings. The molecule has 6 nitrogen and oxygen atoms in total. The first-order valence-electron chi connectivity index (χ1n) is 6.12. The predicted molar refractivity (Wildman–Crippen MR) is 81.6 cm³/mol. The van der Waals surface area contributed by atoms with Crippen molar-refractivity contribution in [3.63, 3.8) is 0 Å². The lowest BCUT2D eigenvalue weighted by atomic mass is 10.2. The molecule has 0 aliphatic heterocycles. The van der Waals surface area contributed by atoms with Gasteiger partial charge in [-0.3, -0.25) is 4.79 Å². The van der Waals surface area contributed by atoms with Crippen molar-refractivity contribution in [2.24, 2.45) is 0 Å². The average Bonchev–Trinajstić information content (AvgIpc) is 2.94. The van der Waals surface area contributed by atoms with Crippen LogP contribution in [0, 0.1) is 13.8 Å². The average molecular weight is 321 g/mol. The second kappa shape index (κ2) is 5.05. The zero-order valence-electron chi connectivity index (χ0n) is 11.3. The third-order valence-corrected chi connectivity index (χ3v) is 5.17. The van der Waals surface area contributed by atoms with Gasteiger partial charge in [0.1, 0.15) is 20.5 Å². The minimum absolute atomic E-state index is 0.158. The van der Waals surface area contributed by atoms with E-state index < -0.39 is 5.97 Å². The van der Waals surface area contributed by atoms with Crippen molar-refractivity contribution in [3.8, 4) is 0 Å². The molecule has 0 fully saturated rings. The smallest absolute Gasteiger partial charge is 0.346 e. The molecule has 0 saturated carbocycles. The second-order valence-electron chi connectivity index (χ2n) is 4.61. The normalized spacial score (nSPS) is 11.1. The van der Waals surface area contributed by atoms with Crippen molar-refractivity contribution in [2.45, 2.75) is 20.3 Å². The van der Waals surface area contributed by atoms with Gasteiger partial charge in [-0.05, 0) is 19.4 Å². The summed E-state index contributed by atoms with van der Waals surface area (Å²) in [4.78, 5) is 35.3. The van der Waals surface area contributed by atoms with Crippen LogP contribution in [-0.2, 0) is 6.42 Å². The number of hydrogen-bond acceptors (Lipinski definition) is 6. The number of thiophene rings is 1. The highest BCUT2D eigenvalue weighted by Gasteiger charge is 2.18. The zero-order chi connectivity index (χ0) is 15.1. The molecule has 0 unspecified atom stereocenters. The van der Waals surface area contributed by atoms with Crippen LogP contribution in [0.5, 0.6) is 0 Å². The Morgan fingerprint density at radius 1 is 1.38 bits per heavy atom. The van der Waals surface area contributed by atoms with Crippen LogP contribution in [0.1, 0.15) is 31.8 Å². The molecule has 3 heterocycles. The molecular weight excluding hydrogens is 310 g/mol. The monoisotopic (exact) mass is 321 g/mol. The molecule has 0 bridgehead atoms. The number of rotatable bonds is 3. The highest BCUT2D eigenvalue weighted by Crippen LogP contribution is 2.27. The van der Waals surface area contributed by atoms with E-state index in [0.717, 1.165) is 22.0 Å². The summed E-state index contributed by atoms with van der Waals surface area (Å²) in [7, 11) is 0. The van der Waals surface area contributed by atoms with E-state index in [-0.39, 0.29) is 10.4 Å². The first-order chi connectivity index (χ1) is 9.95. The molecule has 0 atom stereocenters. The number of aromatic amines is 1. The van der Waals surface area contributed by atoms with Gasteiger partial charge in [0.2, 0.25) is 0 Å². The number of carbonyl (C=O) groups is 1. The fourth-order valence-electron chi connectivity index (χ4n) is 2.10. The third-order valence-electron chi connectivity index (χ3n) is 3.03. The van der Waals surface area contributed by atoms with E-state index in [2.05, 4.69) is 15.0 Å². The van der Waals surface area contributed by atoms with Crippen LogP contribution in [0.25, 0.3) is 10.2 Å². The molecule has 0 aromatic carbocycles. The van der Waals surface area contributed by atoms with Gasteiger partial charge in [0.05, 0.1) is 11.8 Å². The number of carboxylic acid groups (broad SMARTS) is 1. The fraction of sp³-hybridized carbons (Fsp3) is 0.231. The van der Waals surface area contributed by atoms with E-state index in [1.807, 2.05) is 12.3 Å². The van der Waals surface area contributed by atoms with Gasteiger partial charge in [0.15, 0.2) is 0 Å². The maximum Gasteiger partial charge on any atom is 0.346 e. The molecule has 2 N–H and O–H groups in total. The van der Waals surface area contributed by atoms with E-state index in [0.29, 0.717) is 28.0 Å². The number of carboxylic acids is 1. The molecule has 0 radical (unpaired) electrons. The lowest BCUT2D eigenvalue weighted by molar-refractivity contribution is 0.0701. The predicted octanol–water partition coefficient (Wildman–Crippen LogP) is 2.35. The van der Waals surface area contributed by atoms with Gasteiger partial charge in [-0.15, -0.1) is 22.7 Å². The molecule has 108 valence electrons. The largest absolute Gasteiger partial charge is 0.477 e. The molecule has 0 amide bonds. The summed E-state index contributed by atoms with van der Waals surface area (Å²) in [6.07, 6.45) is 0.434. The number of aromatic nitrogens is 3. The lowest BCUT2D eigenvalue weighted by Crippen LogP contribution is -2.12. The quantitative estimate of drug-likeness (QED) is 0.772. The van der Waals surface area contributed by atoms with Gasteiger partial charge in [0, 0.05) is 11.1 Å². The number of aromatic carboxylic acids is 1. The van der Waals surface area contributed by atoms with Crippen molar-refractivity contribution < 1.29 is 9.90 Å². The molecule has 0 saturated heterocycles. The SMILES string of the molecule is Cc1csc(Cc2nc3sc(C(=O)O)c(C)c3c(=O)[nH]2)n1. The summed E-state index contributed by atoms with van der Waals surface area (Å²) >= 11 is 2.53. The fourth-order valence-corrected chi connectivity index (χ4v) is 3.92. The molecule has 3 aromatic heterocycles. The zero-order valence-corrected chi connectivity index (χ0v) is 12.9. The van der Waals surface area contributed by atoms with Gasteiger partial charge in [-0.25, -0.2) is 14.8 Å². The Hall–Kier alpha value is -2.06. The number of hydrogen-bond donors (Lipinski definition) is 2. The first-order valence-corrected chi connectivity index (χ1v) is 7.82. The van der Waals surface area contributed by atoms with Gasteiger partial charge >= 0.3 is 5.97 Å². The number of fused-ring (bicyclic) bond motifs is 1. The molecule has 0 spiro atoms. The second-order valence-corrected chi connectivity index (χ2v) is 6.56. The highest BCUT2D eigenvalue weighted by atomic mass is 32.1. The van der Waals surface area contributed by atoms with Crippen molar-refractivity contribution in [1.82, 2.24) is 15.0 Å². The van der Waals surface area contributed by atoms with Crippen LogP contribution in [0.2, 0.25) is 0 Å². The van der Waals surface area contributed by atoms with E-state index in [4.69, 9.17) is 5.11 Å². The number of thiazole rings is 1. The Balaban J connectivity index is 2.10. The summed E-state index contributed by atoms with van der Waals surface area (Å²) in [6, 6.07) is 0. The standard InChI is InChI=1S/C13H11N3O3S2/c1-5-4-20-8(14-5)3-7-15-11(17)9-6(2)10(13(18)19)21-12(9)16-7/h4H,3H2,1-2H3,(H,18,19)(H,15,16,17). The van der Waals surface area contributed by atoms with Gasteiger partial charge in [-0.2, -0.15) is 0 Å². The van der Waals surface area contributed by atoms with E-state index in [1.165, 1.54) is 11.3 Å². The minimum atomic E-state index is -1.04. The number of nitrogens with one attached hydrogen (secondary N) is 1. The molecule has 3 rings (SSSR count). The number of H-pyrrole nitrogens is 1. The lowest BCUT2D eigenvalue weighted by Gasteiger charge is -1.98. The van der Waals surface area contributed by atoms with E-state index in [1.54, 1.807) is 6.92 Å². The van der Waals surface area contributed by atoms with Crippen LogP contribution in [0.15, 0.2) is 10.2 Å². The van der Waals surface area contributed by atoms with E-state index >= 15 is 0 Å². The van der Waals surface area contributed by atoms with Crippen molar-refractivity contribution in [1.29, 1.82) is 0 Å². The summed E-state index contributed by atoms with van der Waals surface area (Å²) in [5.41, 5.74) is 1.09. The molecule has 21 heavy (non-hydrogen) atoms. The molecule has 8 heteroatoms. The van der Waals surface area contributed by atoms with E-state index in [9.17, 15) is 9.59 Å². The van der Waals surface area contributed by atoms with Crippen LogP contribution in [0.4, 0.5) is 0 Å². The summed E-state index contributed by atoms with van der Waals surface area (Å²) in [5, 5.41) is 12.3. The maximum absolute atomic E-state index is 12.2. The molecule has 0 aliphatic carbocycles. The Labute approximate surface area is 127 Å². The molecular formula is C13H11N3O3S2. The number of nitrogens with zero attached hydrogens (tertiary/aromatic N) is 2. The minimum Gasteiger partial charge on any atom is -0.477 e. The Morgan fingerprint density at radius 2 is 2.14 bits per heavy atom. The van der Waals surface area contributed by atoms with Crippen LogP contribution >= 0.6 is 22.7 Å². The van der Waals surface area contributed by atoms with Crippen LogP contribution in [-0.4, -0.2) is 26.0 Å². The topological polar surface area (TPSA) is 95.9 Å². The Kier molecular flexibility index (Phi) is 3.34. The van der Waals surface area contributed by atoms with Crippen molar-refractivity contribution >= 4 is 38.9 Å².